The smallest absolute Gasteiger partial charge is 0.508 e. The van der Waals surface area contributed by atoms with Crippen LogP contribution in [0.5, 0.6) is 11.5 Å². The fourth-order valence-electron chi connectivity index (χ4n) is 2.93. The average Bonchev–Trinajstić information content (AvgIpc) is 2.85. The van der Waals surface area contributed by atoms with Crippen LogP contribution >= 0.6 is 0 Å². The van der Waals surface area contributed by atoms with Gasteiger partial charge in [-0.1, -0.05) is 24.3 Å². The zero-order valence-electron chi connectivity index (χ0n) is 27.5. The molecule has 0 amide bonds. The Morgan fingerprint density at radius 3 is 1.25 bits per heavy atom. The van der Waals surface area contributed by atoms with Gasteiger partial charge in [0, 0.05) is 13.2 Å². The van der Waals surface area contributed by atoms with Crippen molar-refractivity contribution in [2.45, 2.75) is 105 Å². The highest BCUT2D eigenvalue weighted by molar-refractivity contribution is 5.77. The first-order chi connectivity index (χ1) is 20.2. The van der Waals surface area contributed by atoms with Crippen molar-refractivity contribution in [1.82, 2.24) is 0 Å². The van der Waals surface area contributed by atoms with Gasteiger partial charge in [-0.05, 0) is 123 Å². The molecule has 44 heavy (non-hydrogen) atoms. The van der Waals surface area contributed by atoms with Crippen LogP contribution in [0.1, 0.15) is 86.3 Å². The molecule has 0 saturated carbocycles. The van der Waals surface area contributed by atoms with Crippen LogP contribution in [0.2, 0.25) is 0 Å². The lowest BCUT2D eigenvalue weighted by molar-refractivity contribution is -0.0294. The lowest BCUT2D eigenvalue weighted by Crippen LogP contribution is -2.29. The van der Waals surface area contributed by atoms with Gasteiger partial charge in [0.15, 0.2) is 0 Å². The Balaban J connectivity index is 0.000000649. The first-order valence-corrected chi connectivity index (χ1v) is 14.4. The maximum atomic E-state index is 11.4. The van der Waals surface area contributed by atoms with Crippen LogP contribution in [-0.2, 0) is 31.8 Å². The summed E-state index contributed by atoms with van der Waals surface area (Å²) in [6.45, 7) is 15.8. The Kier molecular flexibility index (Phi) is 17.8. The average molecular weight is 623 g/mol. The number of hydrogen-bond donors (Lipinski definition) is 3. The predicted octanol–water partition coefficient (Wildman–Crippen LogP) is 7.12. The fraction of sp³-hybridized carbons (Fsp3) is 0.545. The van der Waals surface area contributed by atoms with E-state index in [-0.39, 0.29) is 19.0 Å². The largest absolute Gasteiger partial charge is 0.519 e. The Bertz CT molecular complexity index is 1080. The summed E-state index contributed by atoms with van der Waals surface area (Å²) >= 11 is 0. The van der Waals surface area contributed by atoms with Gasteiger partial charge in [0.05, 0.1) is 0 Å². The molecule has 2 rings (SSSR count). The second-order valence-electron chi connectivity index (χ2n) is 12.6. The number of aliphatic hydroxyl groups excluding tert-OH is 2. The Labute approximate surface area is 261 Å². The van der Waals surface area contributed by atoms with Crippen molar-refractivity contribution in [2.24, 2.45) is 0 Å². The molecule has 0 heterocycles. The molecule has 0 bridgehead atoms. The number of phenolic OH excluding ortho intramolecular Hbond substituents is 1. The zero-order chi connectivity index (χ0) is 34.0. The Morgan fingerprint density at radius 2 is 0.909 bits per heavy atom. The van der Waals surface area contributed by atoms with Crippen molar-refractivity contribution in [1.29, 1.82) is 0 Å². The number of carbonyl (C=O) groups is 3. The van der Waals surface area contributed by atoms with Gasteiger partial charge < -0.3 is 39.0 Å². The minimum absolute atomic E-state index is 0.177. The number of ether oxygens (including phenoxy) is 5. The summed E-state index contributed by atoms with van der Waals surface area (Å²) < 4.78 is 23.9. The minimum Gasteiger partial charge on any atom is -0.508 e. The Hall–Kier alpha value is -3.83. The molecule has 0 aliphatic heterocycles. The molecule has 11 heteroatoms. The normalized spacial score (nSPS) is 11.1. The molecule has 0 spiro atoms. The standard InChI is InChI=1S/C14H20O4.C10H18O5.C9H12O2/c1-14(2,3)18-13(16)17-12-8-6-11(7-9-12)5-4-10-15;1-9(2,3)14-7(11)13-8(12)15-10(4,5)6;10-7-1-2-8-3-5-9(11)6-4-8/h6-9,15H,4-5,10H2,1-3H3;1-6H3;3-6,10-11H,1-2,7H2. The molecule has 2 aromatic carbocycles. The highest BCUT2D eigenvalue weighted by Crippen LogP contribution is 2.16. The van der Waals surface area contributed by atoms with Crippen LogP contribution in [0.15, 0.2) is 48.5 Å². The van der Waals surface area contributed by atoms with Crippen molar-refractivity contribution in [3.63, 3.8) is 0 Å². The van der Waals surface area contributed by atoms with Gasteiger partial charge in [-0.25, -0.2) is 14.4 Å². The third-order valence-electron chi connectivity index (χ3n) is 4.64. The van der Waals surface area contributed by atoms with Gasteiger partial charge in [0.25, 0.3) is 0 Å². The number of carbonyl (C=O) groups excluding carboxylic acids is 3. The first-order valence-electron chi connectivity index (χ1n) is 14.4. The minimum atomic E-state index is -1.06. The number of phenols is 1. The van der Waals surface area contributed by atoms with Gasteiger partial charge >= 0.3 is 18.5 Å². The topological polar surface area (TPSA) is 158 Å². The molecular weight excluding hydrogens is 572 g/mol. The molecular formula is C33H50O11. The van der Waals surface area contributed by atoms with E-state index in [1.807, 2.05) is 24.3 Å². The SMILES string of the molecule is CC(C)(C)OC(=O)OC(=O)OC(C)(C)C.CC(C)(C)OC(=O)Oc1ccc(CCCO)cc1.OCCCc1ccc(O)cc1. The van der Waals surface area contributed by atoms with Crippen LogP contribution < -0.4 is 4.74 Å². The van der Waals surface area contributed by atoms with Crippen LogP contribution in [0.25, 0.3) is 0 Å². The summed E-state index contributed by atoms with van der Waals surface area (Å²) in [5.41, 5.74) is 0.300. The predicted molar refractivity (Wildman–Crippen MR) is 166 cm³/mol. The van der Waals surface area contributed by atoms with E-state index in [4.69, 9.17) is 34.3 Å². The van der Waals surface area contributed by atoms with Crippen LogP contribution in [0.3, 0.4) is 0 Å². The number of aromatic hydroxyl groups is 1. The van der Waals surface area contributed by atoms with Gasteiger partial charge in [-0.2, -0.15) is 0 Å². The summed E-state index contributed by atoms with van der Waals surface area (Å²) in [6, 6.07) is 14.2. The maximum absolute atomic E-state index is 11.4. The van der Waals surface area contributed by atoms with E-state index >= 15 is 0 Å². The molecule has 0 aliphatic rings. The lowest BCUT2D eigenvalue weighted by atomic mass is 10.1. The molecule has 3 N–H and O–H groups in total. The van der Waals surface area contributed by atoms with Crippen LogP contribution in [0, 0.1) is 0 Å². The van der Waals surface area contributed by atoms with E-state index in [1.165, 1.54) is 0 Å². The summed E-state index contributed by atoms with van der Waals surface area (Å²) in [6.07, 6.45) is 0.371. The summed E-state index contributed by atoms with van der Waals surface area (Å²) in [5, 5.41) is 26.2. The van der Waals surface area contributed by atoms with Crippen molar-refractivity contribution in [3.8, 4) is 11.5 Å². The first kappa shape index (κ1) is 40.2. The van der Waals surface area contributed by atoms with Crippen molar-refractivity contribution >= 4 is 18.5 Å². The van der Waals surface area contributed by atoms with E-state index in [2.05, 4.69) is 4.74 Å². The Morgan fingerprint density at radius 1 is 0.568 bits per heavy atom. The molecule has 11 nitrogen and oxygen atoms in total. The molecule has 248 valence electrons. The summed E-state index contributed by atoms with van der Waals surface area (Å²) in [4.78, 5) is 33.4. The molecule has 0 unspecified atom stereocenters. The molecule has 0 fully saturated rings. The van der Waals surface area contributed by atoms with Gasteiger partial charge in [-0.15, -0.1) is 0 Å². The third-order valence-corrected chi connectivity index (χ3v) is 4.64. The molecule has 2 aromatic rings. The van der Waals surface area contributed by atoms with Gasteiger partial charge in [-0.3, -0.25) is 0 Å². The molecule has 0 aliphatic carbocycles. The highest BCUT2D eigenvalue weighted by atomic mass is 16.8. The molecule has 0 aromatic heterocycles. The summed E-state index contributed by atoms with van der Waals surface area (Å²) in [7, 11) is 0. The van der Waals surface area contributed by atoms with Crippen molar-refractivity contribution < 1.29 is 53.4 Å². The lowest BCUT2D eigenvalue weighted by Gasteiger charge is -2.20. The van der Waals surface area contributed by atoms with Gasteiger partial charge in [0.1, 0.15) is 28.3 Å². The van der Waals surface area contributed by atoms with E-state index in [0.29, 0.717) is 5.75 Å². The monoisotopic (exact) mass is 622 g/mol. The van der Waals surface area contributed by atoms with E-state index in [1.54, 1.807) is 86.6 Å². The number of benzene rings is 2. The number of aliphatic hydroxyl groups is 2. The van der Waals surface area contributed by atoms with Crippen LogP contribution in [0.4, 0.5) is 14.4 Å². The number of hydrogen-bond acceptors (Lipinski definition) is 11. The number of aryl methyl sites for hydroxylation is 2. The molecule has 0 atom stereocenters. The highest BCUT2D eigenvalue weighted by Gasteiger charge is 2.24. The zero-order valence-corrected chi connectivity index (χ0v) is 27.5. The van der Waals surface area contributed by atoms with E-state index in [0.717, 1.165) is 36.8 Å². The van der Waals surface area contributed by atoms with Crippen molar-refractivity contribution in [3.05, 3.63) is 59.7 Å². The fourth-order valence-corrected chi connectivity index (χ4v) is 2.93. The van der Waals surface area contributed by atoms with E-state index in [9.17, 15) is 14.4 Å². The third kappa shape index (κ3) is 23.7. The summed E-state index contributed by atoms with van der Waals surface area (Å²) in [5.74, 6) is 0.745. The van der Waals surface area contributed by atoms with Crippen LogP contribution in [-0.4, -0.2) is 63.8 Å². The van der Waals surface area contributed by atoms with Gasteiger partial charge in [0.2, 0.25) is 0 Å². The van der Waals surface area contributed by atoms with E-state index < -0.39 is 35.3 Å². The maximum Gasteiger partial charge on any atom is 0.519 e. The van der Waals surface area contributed by atoms with Crippen molar-refractivity contribution in [2.75, 3.05) is 13.2 Å². The second-order valence-corrected chi connectivity index (χ2v) is 12.6. The molecule has 0 saturated heterocycles. The quantitative estimate of drug-likeness (QED) is 0.125. The molecule has 0 radical (unpaired) electrons. The second kappa shape index (κ2) is 19.4. The number of rotatable bonds is 7.